The molecule has 1 amide bonds. The number of carbonyl (C=O) groups excluding carboxylic acids is 1. The Balaban J connectivity index is 1.51. The Hall–Kier alpha value is -3.39. The summed E-state index contributed by atoms with van der Waals surface area (Å²) in [5.41, 5.74) is 2.61. The van der Waals surface area contributed by atoms with Crippen LogP contribution in [0.5, 0.6) is 0 Å². The summed E-state index contributed by atoms with van der Waals surface area (Å²) in [6.45, 7) is 6.30. The molecule has 158 valence electrons. The summed E-state index contributed by atoms with van der Waals surface area (Å²) < 4.78 is 3.64. The van der Waals surface area contributed by atoms with Crippen LogP contribution in [0.4, 0.5) is 5.82 Å². The highest BCUT2D eigenvalue weighted by molar-refractivity contribution is 7.99. The molecule has 1 N–H and O–H groups in total. The minimum absolute atomic E-state index is 0.134. The van der Waals surface area contributed by atoms with Crippen LogP contribution in [0.25, 0.3) is 11.4 Å². The third-order valence-electron chi connectivity index (χ3n) is 4.63. The highest BCUT2D eigenvalue weighted by atomic mass is 32.2. The van der Waals surface area contributed by atoms with E-state index in [1.54, 1.807) is 11.0 Å². The third kappa shape index (κ3) is 4.86. The number of amides is 1. The van der Waals surface area contributed by atoms with E-state index in [1.165, 1.54) is 11.8 Å². The lowest BCUT2D eigenvalue weighted by Gasteiger charge is -2.14. The molecule has 8 heteroatoms. The monoisotopic (exact) mass is 432 g/mol. The fourth-order valence-corrected chi connectivity index (χ4v) is 3.73. The maximum Gasteiger partial charge on any atom is 0.236 e. The Bertz CT molecular complexity index is 1160. The first kappa shape index (κ1) is 20.9. The van der Waals surface area contributed by atoms with E-state index in [0.29, 0.717) is 11.0 Å². The van der Waals surface area contributed by atoms with Crippen molar-refractivity contribution in [3.63, 3.8) is 0 Å². The van der Waals surface area contributed by atoms with Gasteiger partial charge in [0.1, 0.15) is 12.1 Å². The van der Waals surface area contributed by atoms with Crippen LogP contribution in [0.1, 0.15) is 26.5 Å². The van der Waals surface area contributed by atoms with Crippen LogP contribution in [0, 0.1) is 0 Å². The predicted molar refractivity (Wildman–Crippen MR) is 123 cm³/mol. The molecule has 2 aromatic carbocycles. The Morgan fingerprint density at radius 2 is 1.65 bits per heavy atom. The summed E-state index contributed by atoms with van der Waals surface area (Å²) in [6.07, 6.45) is 1.65. The molecule has 0 spiro atoms. The maximum atomic E-state index is 12.8. The zero-order chi connectivity index (χ0) is 21.8. The molecule has 0 radical (unpaired) electrons. The average molecular weight is 433 g/mol. The molecule has 0 atom stereocenters. The Morgan fingerprint density at radius 1 is 1.00 bits per heavy atom. The van der Waals surface area contributed by atoms with Crippen LogP contribution in [0.3, 0.4) is 0 Å². The molecule has 4 aromatic rings. The lowest BCUT2D eigenvalue weighted by molar-refractivity contribution is -0.113. The second-order valence-corrected chi connectivity index (χ2v) is 9.01. The molecule has 31 heavy (non-hydrogen) atoms. The summed E-state index contributed by atoms with van der Waals surface area (Å²) in [5, 5.41) is 16.5. The zero-order valence-corrected chi connectivity index (χ0v) is 18.5. The molecule has 0 aliphatic carbocycles. The SMILES string of the molecule is CC(C)(C)c1cc(NC(=O)CSc2nncn2-c2ccccc2)n(-c2ccccc2)n1. The highest BCUT2D eigenvalue weighted by Gasteiger charge is 2.21. The number of nitrogens with zero attached hydrogens (tertiary/aromatic N) is 5. The minimum atomic E-state index is -0.139. The van der Waals surface area contributed by atoms with Gasteiger partial charge in [-0.2, -0.15) is 5.10 Å². The van der Waals surface area contributed by atoms with Crippen LogP contribution in [-0.2, 0) is 10.2 Å². The topological polar surface area (TPSA) is 77.6 Å². The van der Waals surface area contributed by atoms with E-state index in [-0.39, 0.29) is 17.1 Å². The maximum absolute atomic E-state index is 12.8. The standard InChI is InChI=1S/C23H24N6OS/c1-23(2,3)19-14-20(29(27-19)18-12-8-5-9-13-18)25-21(30)15-31-22-26-24-16-28(22)17-10-6-4-7-11-17/h4-14,16H,15H2,1-3H3,(H,25,30). The van der Waals surface area contributed by atoms with E-state index < -0.39 is 0 Å². The van der Waals surface area contributed by atoms with Crippen molar-refractivity contribution in [2.45, 2.75) is 31.3 Å². The van der Waals surface area contributed by atoms with Crippen molar-refractivity contribution in [2.75, 3.05) is 11.1 Å². The summed E-state index contributed by atoms with van der Waals surface area (Å²) in [6, 6.07) is 21.5. The quantitative estimate of drug-likeness (QED) is 0.455. The van der Waals surface area contributed by atoms with Crippen LogP contribution in [0.15, 0.2) is 78.2 Å². The molecular weight excluding hydrogens is 408 g/mol. The van der Waals surface area contributed by atoms with Gasteiger partial charge in [-0.1, -0.05) is 68.9 Å². The van der Waals surface area contributed by atoms with E-state index in [9.17, 15) is 4.79 Å². The predicted octanol–water partition coefficient (Wildman–Crippen LogP) is 4.48. The third-order valence-corrected chi connectivity index (χ3v) is 5.57. The molecule has 2 heterocycles. The molecule has 0 aliphatic heterocycles. The molecule has 0 fully saturated rings. The van der Waals surface area contributed by atoms with Gasteiger partial charge < -0.3 is 5.32 Å². The van der Waals surface area contributed by atoms with E-state index in [2.05, 4.69) is 36.3 Å². The highest BCUT2D eigenvalue weighted by Crippen LogP contribution is 2.27. The molecule has 7 nitrogen and oxygen atoms in total. The van der Waals surface area contributed by atoms with E-state index in [0.717, 1.165) is 17.1 Å². The molecule has 2 aromatic heterocycles. The minimum Gasteiger partial charge on any atom is -0.310 e. The van der Waals surface area contributed by atoms with Gasteiger partial charge in [0.25, 0.3) is 0 Å². The number of para-hydroxylation sites is 2. The molecule has 0 saturated carbocycles. The number of thioether (sulfide) groups is 1. The lowest BCUT2D eigenvalue weighted by atomic mass is 9.92. The number of aromatic nitrogens is 5. The number of benzene rings is 2. The first-order valence-corrected chi connectivity index (χ1v) is 10.9. The average Bonchev–Trinajstić information content (AvgIpc) is 3.40. The van der Waals surface area contributed by atoms with Gasteiger partial charge in [0.2, 0.25) is 5.91 Å². The van der Waals surface area contributed by atoms with Gasteiger partial charge in [-0.25, -0.2) is 4.68 Å². The molecular formula is C23H24N6OS. The van der Waals surface area contributed by atoms with Crippen molar-refractivity contribution >= 4 is 23.5 Å². The fraction of sp³-hybridized carbons (Fsp3) is 0.217. The molecule has 0 saturated heterocycles. The largest absolute Gasteiger partial charge is 0.310 e. The van der Waals surface area contributed by atoms with Gasteiger partial charge in [-0.15, -0.1) is 10.2 Å². The van der Waals surface area contributed by atoms with Gasteiger partial charge in [-0.05, 0) is 24.3 Å². The van der Waals surface area contributed by atoms with E-state index in [1.807, 2.05) is 71.3 Å². The Kier molecular flexibility index (Phi) is 5.90. The van der Waals surface area contributed by atoms with Crippen molar-refractivity contribution in [3.05, 3.63) is 78.8 Å². The van der Waals surface area contributed by atoms with Crippen molar-refractivity contribution in [2.24, 2.45) is 0 Å². The number of hydrogen-bond acceptors (Lipinski definition) is 5. The number of anilines is 1. The van der Waals surface area contributed by atoms with Gasteiger partial charge in [0.15, 0.2) is 5.16 Å². The number of nitrogens with one attached hydrogen (secondary N) is 1. The van der Waals surface area contributed by atoms with Crippen LogP contribution in [-0.4, -0.2) is 36.2 Å². The lowest BCUT2D eigenvalue weighted by Crippen LogP contribution is -2.17. The molecule has 4 rings (SSSR count). The number of rotatable bonds is 6. The van der Waals surface area contributed by atoms with Gasteiger partial charge in [0.05, 0.1) is 17.1 Å². The summed E-state index contributed by atoms with van der Waals surface area (Å²) in [5.74, 6) is 0.715. The molecule has 0 aliphatic rings. The second-order valence-electron chi connectivity index (χ2n) is 8.07. The molecule has 0 unspecified atom stereocenters. The van der Waals surface area contributed by atoms with Crippen molar-refractivity contribution in [1.82, 2.24) is 24.5 Å². The first-order valence-electron chi connectivity index (χ1n) is 9.96. The molecule has 0 bridgehead atoms. The van der Waals surface area contributed by atoms with Crippen molar-refractivity contribution in [3.8, 4) is 11.4 Å². The number of carbonyl (C=O) groups is 1. The fourth-order valence-electron chi connectivity index (χ4n) is 3.00. The second kappa shape index (κ2) is 8.77. The zero-order valence-electron chi connectivity index (χ0n) is 17.7. The first-order chi connectivity index (χ1) is 14.9. The van der Waals surface area contributed by atoms with Crippen molar-refractivity contribution < 1.29 is 4.79 Å². The van der Waals surface area contributed by atoms with E-state index in [4.69, 9.17) is 5.10 Å². The summed E-state index contributed by atoms with van der Waals surface area (Å²) >= 11 is 1.34. The van der Waals surface area contributed by atoms with Crippen molar-refractivity contribution in [1.29, 1.82) is 0 Å². The van der Waals surface area contributed by atoms with Gasteiger partial charge in [-0.3, -0.25) is 9.36 Å². The Morgan fingerprint density at radius 3 is 2.29 bits per heavy atom. The Labute approximate surface area is 185 Å². The summed E-state index contributed by atoms with van der Waals surface area (Å²) in [4.78, 5) is 12.8. The van der Waals surface area contributed by atoms with Gasteiger partial charge in [0, 0.05) is 17.2 Å². The van der Waals surface area contributed by atoms with Crippen LogP contribution < -0.4 is 5.32 Å². The normalized spacial score (nSPS) is 11.5. The number of hydrogen-bond donors (Lipinski definition) is 1. The smallest absolute Gasteiger partial charge is 0.236 e. The van der Waals surface area contributed by atoms with Gasteiger partial charge >= 0.3 is 0 Å². The van der Waals surface area contributed by atoms with E-state index >= 15 is 0 Å². The van der Waals surface area contributed by atoms with Crippen LogP contribution in [0.2, 0.25) is 0 Å². The van der Waals surface area contributed by atoms with Crippen LogP contribution >= 0.6 is 11.8 Å². The summed E-state index contributed by atoms with van der Waals surface area (Å²) in [7, 11) is 0.